The number of amides is 1. The van der Waals surface area contributed by atoms with Crippen molar-refractivity contribution in [3.05, 3.63) is 0 Å². The molecule has 4 heteroatoms. The van der Waals surface area contributed by atoms with Crippen molar-refractivity contribution in [3.63, 3.8) is 0 Å². The van der Waals surface area contributed by atoms with Crippen molar-refractivity contribution >= 4 is 5.91 Å². The molecule has 0 fully saturated rings. The number of hydrogen-bond acceptors (Lipinski definition) is 3. The van der Waals surface area contributed by atoms with E-state index in [4.69, 9.17) is 5.90 Å². The molecular weight excluding hydrogens is 156 g/mol. The smallest absolute Gasteiger partial charge is 0.225 e. The van der Waals surface area contributed by atoms with Gasteiger partial charge in [-0.25, -0.2) is 5.90 Å². The first-order valence-corrected chi connectivity index (χ1v) is 4.01. The molecule has 12 heavy (non-hydrogen) atoms. The Morgan fingerprint density at radius 3 is 2.42 bits per heavy atom. The number of carbonyl (C=O) groups excluding carboxylic acids is 1. The number of nitrogens with two attached hydrogens (primary N) is 1. The summed E-state index contributed by atoms with van der Waals surface area (Å²) in [6.07, 6.45) is -0.142. The number of nitrogens with one attached hydrogen (secondary N) is 1. The van der Waals surface area contributed by atoms with E-state index >= 15 is 0 Å². The van der Waals surface area contributed by atoms with Gasteiger partial charge in [-0.05, 0) is 6.92 Å². The van der Waals surface area contributed by atoms with Crippen molar-refractivity contribution in [2.24, 2.45) is 11.3 Å². The van der Waals surface area contributed by atoms with Gasteiger partial charge >= 0.3 is 0 Å². The van der Waals surface area contributed by atoms with Gasteiger partial charge in [0.15, 0.2) is 0 Å². The quantitative estimate of drug-likeness (QED) is 0.610. The molecule has 0 aliphatic heterocycles. The van der Waals surface area contributed by atoms with Crippen molar-refractivity contribution < 1.29 is 9.63 Å². The highest BCUT2D eigenvalue weighted by Crippen LogP contribution is 2.12. The molecule has 1 unspecified atom stereocenters. The zero-order valence-electron chi connectivity index (χ0n) is 8.18. The molecule has 1 atom stereocenters. The molecule has 0 radical (unpaired) electrons. The second-order valence-corrected chi connectivity index (χ2v) is 3.91. The first-order valence-electron chi connectivity index (χ1n) is 4.01. The second-order valence-electron chi connectivity index (χ2n) is 3.91. The Morgan fingerprint density at radius 1 is 1.58 bits per heavy atom. The third kappa shape index (κ3) is 4.31. The first kappa shape index (κ1) is 11.4. The Morgan fingerprint density at radius 2 is 2.08 bits per heavy atom. The van der Waals surface area contributed by atoms with Crippen LogP contribution in [0.15, 0.2) is 0 Å². The van der Waals surface area contributed by atoms with Gasteiger partial charge in [0, 0.05) is 12.0 Å². The second kappa shape index (κ2) is 4.42. The lowest BCUT2D eigenvalue weighted by molar-refractivity contribution is -0.129. The first-order chi connectivity index (χ1) is 5.38. The van der Waals surface area contributed by atoms with Crippen molar-refractivity contribution in [3.8, 4) is 0 Å². The van der Waals surface area contributed by atoms with E-state index in [1.807, 2.05) is 20.8 Å². The van der Waals surface area contributed by atoms with Crippen LogP contribution in [0.3, 0.4) is 0 Å². The van der Waals surface area contributed by atoms with Gasteiger partial charge in [0.25, 0.3) is 0 Å². The van der Waals surface area contributed by atoms with Crippen LogP contribution in [0.5, 0.6) is 0 Å². The van der Waals surface area contributed by atoms with E-state index in [1.165, 1.54) is 0 Å². The van der Waals surface area contributed by atoms with Crippen LogP contribution >= 0.6 is 0 Å². The lowest BCUT2D eigenvalue weighted by Crippen LogP contribution is -2.39. The van der Waals surface area contributed by atoms with Gasteiger partial charge < -0.3 is 5.32 Å². The maximum atomic E-state index is 11.3. The van der Waals surface area contributed by atoms with Crippen molar-refractivity contribution in [2.45, 2.75) is 33.8 Å². The molecule has 0 aliphatic carbocycles. The summed E-state index contributed by atoms with van der Waals surface area (Å²) in [5.74, 6) is 4.92. The van der Waals surface area contributed by atoms with E-state index < -0.39 is 0 Å². The monoisotopic (exact) mass is 174 g/mol. The topological polar surface area (TPSA) is 64.3 Å². The van der Waals surface area contributed by atoms with Crippen LogP contribution in [-0.2, 0) is 9.63 Å². The van der Waals surface area contributed by atoms with Gasteiger partial charge in [-0.15, -0.1) is 0 Å². The van der Waals surface area contributed by atoms with Gasteiger partial charge in [0.2, 0.25) is 5.91 Å². The maximum Gasteiger partial charge on any atom is 0.225 e. The summed E-state index contributed by atoms with van der Waals surface area (Å²) in [6.45, 7) is 7.82. The molecule has 1 amide bonds. The van der Waals surface area contributed by atoms with Crippen LogP contribution in [0.1, 0.15) is 27.7 Å². The molecule has 3 N–H and O–H groups in total. The van der Waals surface area contributed by atoms with E-state index in [0.717, 1.165) is 0 Å². The van der Waals surface area contributed by atoms with Gasteiger partial charge in [0.1, 0.15) is 0 Å². The van der Waals surface area contributed by atoms with Gasteiger partial charge in [-0.2, -0.15) is 0 Å². The molecule has 0 aromatic rings. The zero-order chi connectivity index (χ0) is 9.78. The zero-order valence-corrected chi connectivity index (χ0v) is 8.18. The van der Waals surface area contributed by atoms with Crippen LogP contribution < -0.4 is 11.2 Å². The van der Waals surface area contributed by atoms with Crippen LogP contribution in [0.25, 0.3) is 0 Å². The molecule has 0 saturated carbocycles. The highest BCUT2D eigenvalue weighted by atomic mass is 16.6. The lowest BCUT2D eigenvalue weighted by Gasteiger charge is -2.18. The third-order valence-corrected chi connectivity index (χ3v) is 1.46. The fraction of sp³-hybridized carbons (Fsp3) is 0.875. The minimum atomic E-state index is -0.353. The summed E-state index contributed by atoms with van der Waals surface area (Å²) in [5.41, 5.74) is -0.353. The normalized spacial score (nSPS) is 14.1. The highest BCUT2D eigenvalue weighted by molar-refractivity contribution is 5.81. The molecule has 72 valence electrons. The molecule has 4 nitrogen and oxygen atoms in total. The van der Waals surface area contributed by atoms with Crippen molar-refractivity contribution in [2.75, 3.05) is 6.54 Å². The minimum absolute atomic E-state index is 0.00593. The van der Waals surface area contributed by atoms with Gasteiger partial charge in [-0.1, -0.05) is 20.8 Å². The fourth-order valence-electron chi connectivity index (χ4n) is 0.550. The van der Waals surface area contributed by atoms with Gasteiger partial charge in [0.05, 0.1) is 6.10 Å². The number of rotatable bonds is 3. The van der Waals surface area contributed by atoms with Crippen LogP contribution in [0, 0.1) is 5.41 Å². The Hall–Kier alpha value is -0.610. The van der Waals surface area contributed by atoms with E-state index in [1.54, 1.807) is 6.92 Å². The van der Waals surface area contributed by atoms with E-state index in [9.17, 15) is 4.79 Å². The molecular formula is C8H18N2O2. The molecule has 0 saturated heterocycles. The Kier molecular flexibility index (Phi) is 4.20. The predicted octanol–water partition coefficient (Wildman–Crippen LogP) is 0.428. The summed E-state index contributed by atoms with van der Waals surface area (Å²) in [4.78, 5) is 15.8. The summed E-state index contributed by atoms with van der Waals surface area (Å²) >= 11 is 0. The Bertz CT molecular complexity index is 152. The Labute approximate surface area is 73.4 Å². The molecule has 0 spiro atoms. The van der Waals surface area contributed by atoms with E-state index in [0.29, 0.717) is 6.54 Å². The van der Waals surface area contributed by atoms with Crippen molar-refractivity contribution in [1.29, 1.82) is 0 Å². The average molecular weight is 174 g/mol. The highest BCUT2D eigenvalue weighted by Gasteiger charge is 2.20. The van der Waals surface area contributed by atoms with Crippen LogP contribution in [-0.4, -0.2) is 18.6 Å². The summed E-state index contributed by atoms with van der Waals surface area (Å²) < 4.78 is 0. The van der Waals surface area contributed by atoms with Crippen molar-refractivity contribution in [1.82, 2.24) is 5.32 Å². The fourth-order valence-corrected chi connectivity index (χ4v) is 0.550. The van der Waals surface area contributed by atoms with Crippen LogP contribution in [0.4, 0.5) is 0 Å². The Balaban J connectivity index is 3.73. The maximum absolute atomic E-state index is 11.3. The molecule has 0 aromatic carbocycles. The van der Waals surface area contributed by atoms with Gasteiger partial charge in [-0.3, -0.25) is 9.63 Å². The summed E-state index contributed by atoms with van der Waals surface area (Å²) in [6, 6.07) is 0. The predicted molar refractivity (Wildman–Crippen MR) is 47.2 cm³/mol. The molecule has 0 aromatic heterocycles. The molecule has 0 heterocycles. The molecule has 0 bridgehead atoms. The molecule has 0 rings (SSSR count). The van der Waals surface area contributed by atoms with E-state index in [2.05, 4.69) is 10.2 Å². The summed E-state index contributed by atoms with van der Waals surface area (Å²) in [5, 5.41) is 2.73. The largest absolute Gasteiger partial charge is 0.353 e. The lowest BCUT2D eigenvalue weighted by atomic mass is 9.96. The van der Waals surface area contributed by atoms with E-state index in [-0.39, 0.29) is 17.4 Å². The minimum Gasteiger partial charge on any atom is -0.353 e. The summed E-state index contributed by atoms with van der Waals surface area (Å²) in [7, 11) is 0. The number of carbonyl (C=O) groups is 1. The standard InChI is InChI=1S/C8H18N2O2/c1-6(12-9)5-10-7(11)8(2,3)4/h6H,5,9H2,1-4H3,(H,10,11). The SMILES string of the molecule is CC(CNC(=O)C(C)(C)C)ON. The van der Waals surface area contributed by atoms with Crippen LogP contribution in [0.2, 0.25) is 0 Å². The number of hydrogen-bond donors (Lipinski definition) is 2. The average Bonchev–Trinajstić information content (AvgIpc) is 1.97. The molecule has 0 aliphatic rings. The third-order valence-electron chi connectivity index (χ3n) is 1.46.